The molecular formula is C9H13NO2S. The molecule has 0 fully saturated rings. The van der Waals surface area contributed by atoms with Crippen molar-refractivity contribution in [2.45, 2.75) is 6.42 Å². The smallest absolute Gasteiger partial charge is 0.132 e. The SMILES string of the molecule is CON[S+]([O-])CCc1ccccc1. The first-order valence-electron chi connectivity index (χ1n) is 4.04. The first-order chi connectivity index (χ1) is 6.33. The van der Waals surface area contributed by atoms with Gasteiger partial charge in [0, 0.05) is 6.42 Å². The molecule has 0 heterocycles. The minimum absolute atomic E-state index is 0.567. The number of benzene rings is 1. The zero-order valence-electron chi connectivity index (χ0n) is 7.53. The van der Waals surface area contributed by atoms with Crippen LogP contribution in [0.25, 0.3) is 0 Å². The van der Waals surface area contributed by atoms with Gasteiger partial charge in [0.05, 0.1) is 18.5 Å². The van der Waals surface area contributed by atoms with Crippen LogP contribution in [0, 0.1) is 0 Å². The molecule has 1 rings (SSSR count). The van der Waals surface area contributed by atoms with Gasteiger partial charge in [-0.2, -0.15) is 0 Å². The molecule has 0 radical (unpaired) electrons. The van der Waals surface area contributed by atoms with Crippen molar-refractivity contribution >= 4 is 11.4 Å². The Morgan fingerprint density at radius 2 is 2.08 bits per heavy atom. The van der Waals surface area contributed by atoms with E-state index in [1.165, 1.54) is 12.7 Å². The maximum Gasteiger partial charge on any atom is 0.132 e. The molecule has 0 amide bonds. The molecule has 0 aliphatic heterocycles. The average Bonchev–Trinajstić information content (AvgIpc) is 2.17. The maximum atomic E-state index is 11.1. The lowest BCUT2D eigenvalue weighted by Crippen LogP contribution is -2.26. The van der Waals surface area contributed by atoms with E-state index in [2.05, 4.69) is 9.72 Å². The Bertz CT molecular complexity index is 230. The van der Waals surface area contributed by atoms with Gasteiger partial charge >= 0.3 is 0 Å². The molecule has 0 saturated heterocycles. The number of hydrogen-bond donors (Lipinski definition) is 1. The van der Waals surface area contributed by atoms with Crippen molar-refractivity contribution in [3.63, 3.8) is 0 Å². The molecule has 0 bridgehead atoms. The predicted molar refractivity (Wildman–Crippen MR) is 53.3 cm³/mol. The van der Waals surface area contributed by atoms with Crippen LogP contribution in [-0.4, -0.2) is 17.4 Å². The Labute approximate surface area is 81.4 Å². The number of aryl methyl sites for hydroxylation is 1. The van der Waals surface area contributed by atoms with Gasteiger partial charge in [-0.25, -0.2) is 0 Å². The predicted octanol–water partition coefficient (Wildman–Crippen LogP) is 1.04. The molecule has 1 aromatic carbocycles. The lowest BCUT2D eigenvalue weighted by molar-refractivity contribution is 0.153. The largest absolute Gasteiger partial charge is 0.596 e. The molecule has 13 heavy (non-hydrogen) atoms. The van der Waals surface area contributed by atoms with E-state index in [1.54, 1.807) is 0 Å². The first kappa shape index (κ1) is 10.5. The Morgan fingerprint density at radius 1 is 1.38 bits per heavy atom. The summed E-state index contributed by atoms with van der Waals surface area (Å²) in [4.78, 5) is 6.93. The molecule has 0 aromatic heterocycles. The lowest BCUT2D eigenvalue weighted by atomic mass is 10.2. The number of rotatable bonds is 5. The third kappa shape index (κ3) is 4.28. The van der Waals surface area contributed by atoms with Crippen molar-refractivity contribution in [3.05, 3.63) is 35.9 Å². The number of nitrogens with one attached hydrogen (secondary N) is 1. The highest BCUT2D eigenvalue weighted by atomic mass is 32.2. The standard InChI is InChI=1S/C9H13NO2S/c1-12-10-13(11)8-7-9-5-3-2-4-6-9/h2-6,10H,7-8H2,1H3. The fraction of sp³-hybridized carbons (Fsp3) is 0.333. The van der Waals surface area contributed by atoms with Crippen LogP contribution < -0.4 is 4.89 Å². The molecule has 1 unspecified atom stereocenters. The molecule has 1 atom stereocenters. The van der Waals surface area contributed by atoms with E-state index in [4.69, 9.17) is 0 Å². The summed E-state index contributed by atoms with van der Waals surface area (Å²) >= 11 is -1.09. The van der Waals surface area contributed by atoms with Crippen LogP contribution in [0.4, 0.5) is 0 Å². The highest BCUT2D eigenvalue weighted by molar-refractivity contribution is 7.89. The fourth-order valence-corrected chi connectivity index (χ4v) is 1.68. The Hall–Kier alpha value is -0.550. The van der Waals surface area contributed by atoms with Gasteiger partial charge in [0.2, 0.25) is 0 Å². The van der Waals surface area contributed by atoms with Crippen molar-refractivity contribution in [1.29, 1.82) is 0 Å². The maximum absolute atomic E-state index is 11.1. The molecule has 0 aliphatic rings. The summed E-state index contributed by atoms with van der Waals surface area (Å²) in [6.45, 7) is 0. The second kappa shape index (κ2) is 5.99. The van der Waals surface area contributed by atoms with Gasteiger partial charge in [0.1, 0.15) is 5.75 Å². The molecule has 1 aromatic rings. The summed E-state index contributed by atoms with van der Waals surface area (Å²) in [5.74, 6) is 0.567. The van der Waals surface area contributed by atoms with Gasteiger partial charge in [-0.1, -0.05) is 30.3 Å². The van der Waals surface area contributed by atoms with Gasteiger partial charge < -0.3 is 4.55 Å². The van der Waals surface area contributed by atoms with Gasteiger partial charge in [0.15, 0.2) is 0 Å². The zero-order chi connectivity index (χ0) is 9.52. The van der Waals surface area contributed by atoms with Crippen molar-refractivity contribution in [3.8, 4) is 0 Å². The zero-order valence-corrected chi connectivity index (χ0v) is 8.34. The third-order valence-corrected chi connectivity index (χ3v) is 2.52. The minimum atomic E-state index is -1.09. The van der Waals surface area contributed by atoms with Crippen molar-refractivity contribution < 1.29 is 9.39 Å². The second-order valence-corrected chi connectivity index (χ2v) is 3.84. The van der Waals surface area contributed by atoms with Crippen LogP contribution in [0.5, 0.6) is 0 Å². The fourth-order valence-electron chi connectivity index (χ4n) is 0.990. The molecule has 3 nitrogen and oxygen atoms in total. The summed E-state index contributed by atoms with van der Waals surface area (Å²) in [7, 11) is 1.46. The Balaban J connectivity index is 2.27. The van der Waals surface area contributed by atoms with Crippen molar-refractivity contribution in [2.75, 3.05) is 12.9 Å². The Kier molecular flexibility index (Phi) is 4.85. The lowest BCUT2D eigenvalue weighted by Gasteiger charge is -2.08. The van der Waals surface area contributed by atoms with Crippen LogP contribution >= 0.6 is 0 Å². The van der Waals surface area contributed by atoms with Gasteiger partial charge in [-0.3, -0.25) is 4.84 Å². The topological polar surface area (TPSA) is 44.3 Å². The summed E-state index contributed by atoms with van der Waals surface area (Å²) in [6, 6.07) is 9.95. The van der Waals surface area contributed by atoms with E-state index < -0.39 is 11.4 Å². The summed E-state index contributed by atoms with van der Waals surface area (Å²) in [6.07, 6.45) is 0.795. The molecule has 0 aliphatic carbocycles. The van der Waals surface area contributed by atoms with Crippen molar-refractivity contribution in [2.24, 2.45) is 0 Å². The third-order valence-electron chi connectivity index (χ3n) is 1.60. The van der Waals surface area contributed by atoms with E-state index in [0.29, 0.717) is 5.75 Å². The molecule has 1 N–H and O–H groups in total. The van der Waals surface area contributed by atoms with E-state index in [1.807, 2.05) is 30.3 Å². The van der Waals surface area contributed by atoms with Crippen LogP contribution in [0.3, 0.4) is 0 Å². The minimum Gasteiger partial charge on any atom is -0.596 e. The van der Waals surface area contributed by atoms with Gasteiger partial charge in [-0.05, 0) is 10.4 Å². The highest BCUT2D eigenvalue weighted by Gasteiger charge is 2.04. The summed E-state index contributed by atoms with van der Waals surface area (Å²) < 4.78 is 11.1. The second-order valence-electron chi connectivity index (χ2n) is 2.57. The summed E-state index contributed by atoms with van der Waals surface area (Å²) in [5, 5.41) is 0. The van der Waals surface area contributed by atoms with Gasteiger partial charge in [0.25, 0.3) is 0 Å². The summed E-state index contributed by atoms with van der Waals surface area (Å²) in [5.41, 5.74) is 1.19. The molecule has 72 valence electrons. The van der Waals surface area contributed by atoms with Gasteiger partial charge in [-0.15, -0.1) is 0 Å². The average molecular weight is 199 g/mol. The first-order valence-corrected chi connectivity index (χ1v) is 5.36. The van der Waals surface area contributed by atoms with E-state index in [9.17, 15) is 4.55 Å². The van der Waals surface area contributed by atoms with Crippen molar-refractivity contribution in [1.82, 2.24) is 4.89 Å². The molecule has 0 saturated carbocycles. The van der Waals surface area contributed by atoms with E-state index in [0.717, 1.165) is 6.42 Å². The Morgan fingerprint density at radius 3 is 2.69 bits per heavy atom. The monoisotopic (exact) mass is 199 g/mol. The highest BCUT2D eigenvalue weighted by Crippen LogP contribution is 2.00. The van der Waals surface area contributed by atoms with E-state index >= 15 is 0 Å². The number of hydrogen-bond acceptors (Lipinski definition) is 3. The van der Waals surface area contributed by atoms with E-state index in [-0.39, 0.29) is 0 Å². The van der Waals surface area contributed by atoms with Crippen LogP contribution in [0.2, 0.25) is 0 Å². The van der Waals surface area contributed by atoms with Crippen LogP contribution in [-0.2, 0) is 22.6 Å². The van der Waals surface area contributed by atoms with Crippen LogP contribution in [0.1, 0.15) is 5.56 Å². The molecule has 0 spiro atoms. The molecular weight excluding hydrogens is 186 g/mol. The quantitative estimate of drug-likeness (QED) is 0.569. The molecule has 4 heteroatoms. The normalized spacial score (nSPS) is 12.8. The van der Waals surface area contributed by atoms with Crippen LogP contribution in [0.15, 0.2) is 30.3 Å².